The molecule has 2 N–H and O–H groups in total. The minimum Gasteiger partial charge on any atom is -0.319 e. The van der Waals surface area contributed by atoms with E-state index in [9.17, 15) is 0 Å². The third-order valence-corrected chi connectivity index (χ3v) is 5.19. The van der Waals surface area contributed by atoms with Crippen LogP contribution in [-0.4, -0.2) is 14.8 Å². The van der Waals surface area contributed by atoms with Crippen LogP contribution in [0.4, 0.5) is 0 Å². The highest BCUT2D eigenvalue weighted by atomic mass is 32.1. The highest BCUT2D eigenvalue weighted by molar-refractivity contribution is 7.10. The quantitative estimate of drug-likeness (QED) is 0.915. The Morgan fingerprint density at radius 2 is 1.90 bits per heavy atom. The van der Waals surface area contributed by atoms with Crippen LogP contribution >= 0.6 is 11.3 Å². The summed E-state index contributed by atoms with van der Waals surface area (Å²) >= 11 is 1.66. The molecule has 2 rings (SSSR count). The number of aromatic nitrogens is 3. The van der Waals surface area contributed by atoms with Gasteiger partial charge in [-0.2, -0.15) is 5.10 Å². The number of nitrogens with zero attached hydrogens (tertiary/aromatic N) is 3. The van der Waals surface area contributed by atoms with Gasteiger partial charge in [0.15, 0.2) is 0 Å². The largest absolute Gasteiger partial charge is 0.319 e. The summed E-state index contributed by atoms with van der Waals surface area (Å²) < 4.78 is 2.03. The van der Waals surface area contributed by atoms with Gasteiger partial charge >= 0.3 is 0 Å². The molecule has 2 heterocycles. The maximum atomic E-state index is 6.44. The van der Waals surface area contributed by atoms with Crippen LogP contribution in [0.3, 0.4) is 0 Å². The maximum Gasteiger partial charge on any atom is 0.113 e. The summed E-state index contributed by atoms with van der Waals surface area (Å²) in [6, 6.07) is 0. The first-order valence-corrected chi connectivity index (χ1v) is 8.14. The second-order valence-electron chi connectivity index (χ2n) is 5.26. The molecule has 110 valence electrons. The minimum absolute atomic E-state index is 0.300. The molecular weight excluding hydrogens is 268 g/mol. The Hall–Kier alpha value is -1.20. The molecule has 0 atom stereocenters. The van der Waals surface area contributed by atoms with E-state index in [4.69, 9.17) is 10.7 Å². The number of hydrogen-bond acceptors (Lipinski definition) is 4. The summed E-state index contributed by atoms with van der Waals surface area (Å²) in [6.45, 7) is 11.4. The lowest BCUT2D eigenvalue weighted by molar-refractivity contribution is 0.411. The van der Waals surface area contributed by atoms with Crippen molar-refractivity contribution in [2.24, 2.45) is 5.73 Å². The lowest BCUT2D eigenvalue weighted by atomic mass is 9.95. The van der Waals surface area contributed by atoms with E-state index in [1.165, 1.54) is 5.69 Å². The maximum absolute atomic E-state index is 6.44. The first-order valence-electron chi connectivity index (χ1n) is 7.26. The van der Waals surface area contributed by atoms with Crippen molar-refractivity contribution < 1.29 is 0 Å². The standard InChI is InChI=1S/C15H24N4S/c1-6-15(16,7-2)14-17-12(9-20-14)13-10(4)18-19(8-3)11(13)5/h9H,6-8,16H2,1-5H3. The predicted molar refractivity (Wildman–Crippen MR) is 84.9 cm³/mol. The molecule has 0 aliphatic heterocycles. The van der Waals surface area contributed by atoms with Crippen molar-refractivity contribution in [2.75, 3.05) is 0 Å². The van der Waals surface area contributed by atoms with E-state index in [-0.39, 0.29) is 5.54 Å². The molecule has 5 heteroatoms. The Morgan fingerprint density at radius 3 is 2.40 bits per heavy atom. The van der Waals surface area contributed by atoms with E-state index >= 15 is 0 Å². The molecule has 2 aromatic rings. The van der Waals surface area contributed by atoms with Crippen molar-refractivity contribution in [2.45, 2.75) is 59.5 Å². The molecule has 0 bridgehead atoms. The molecule has 2 aromatic heterocycles. The number of rotatable bonds is 5. The van der Waals surface area contributed by atoms with Crippen molar-refractivity contribution in [1.29, 1.82) is 0 Å². The van der Waals surface area contributed by atoms with Gasteiger partial charge in [-0.3, -0.25) is 4.68 Å². The lowest BCUT2D eigenvalue weighted by Gasteiger charge is -2.23. The van der Waals surface area contributed by atoms with Gasteiger partial charge in [-0.15, -0.1) is 11.3 Å². The number of hydrogen-bond donors (Lipinski definition) is 1. The SMILES string of the molecule is CCn1nc(C)c(-c2csc(C(N)(CC)CC)n2)c1C. The molecule has 0 aliphatic carbocycles. The molecule has 0 aliphatic rings. The van der Waals surface area contributed by atoms with Gasteiger partial charge in [-0.25, -0.2) is 4.98 Å². The van der Waals surface area contributed by atoms with Gasteiger partial charge in [0.2, 0.25) is 0 Å². The van der Waals surface area contributed by atoms with Crippen LogP contribution in [0, 0.1) is 13.8 Å². The number of thiazole rings is 1. The second-order valence-corrected chi connectivity index (χ2v) is 6.12. The summed E-state index contributed by atoms with van der Waals surface area (Å²) in [7, 11) is 0. The molecule has 0 unspecified atom stereocenters. The van der Waals surface area contributed by atoms with Gasteiger partial charge in [0.1, 0.15) is 5.01 Å². The lowest BCUT2D eigenvalue weighted by Crippen LogP contribution is -2.34. The van der Waals surface area contributed by atoms with Crippen LogP contribution in [0.25, 0.3) is 11.3 Å². The van der Waals surface area contributed by atoms with Gasteiger partial charge in [-0.1, -0.05) is 13.8 Å². The van der Waals surface area contributed by atoms with Crippen molar-refractivity contribution >= 4 is 11.3 Å². The highest BCUT2D eigenvalue weighted by Gasteiger charge is 2.27. The summed E-state index contributed by atoms with van der Waals surface area (Å²) in [6.07, 6.45) is 1.81. The van der Waals surface area contributed by atoms with Crippen LogP contribution < -0.4 is 5.73 Å². The van der Waals surface area contributed by atoms with Crippen molar-refractivity contribution in [3.63, 3.8) is 0 Å². The summed E-state index contributed by atoms with van der Waals surface area (Å²) in [5, 5.41) is 7.71. The van der Waals surface area contributed by atoms with Crippen molar-refractivity contribution in [1.82, 2.24) is 14.8 Å². The zero-order valence-electron chi connectivity index (χ0n) is 13.0. The second kappa shape index (κ2) is 5.66. The van der Waals surface area contributed by atoms with Gasteiger partial charge in [0.25, 0.3) is 0 Å². The molecule has 0 radical (unpaired) electrons. The Balaban J connectivity index is 2.46. The average molecular weight is 292 g/mol. The molecule has 0 aromatic carbocycles. The van der Waals surface area contributed by atoms with Crippen LogP contribution in [0.1, 0.15) is 50.0 Å². The van der Waals surface area contributed by atoms with Gasteiger partial charge in [-0.05, 0) is 33.6 Å². The molecule has 0 amide bonds. The van der Waals surface area contributed by atoms with E-state index < -0.39 is 0 Å². The number of nitrogens with two attached hydrogens (primary N) is 1. The topological polar surface area (TPSA) is 56.7 Å². The van der Waals surface area contributed by atoms with Crippen LogP contribution in [0.15, 0.2) is 5.38 Å². The zero-order valence-corrected chi connectivity index (χ0v) is 13.8. The summed E-state index contributed by atoms with van der Waals surface area (Å²) in [5.41, 5.74) is 10.5. The van der Waals surface area contributed by atoms with E-state index in [2.05, 4.69) is 38.2 Å². The number of aryl methyl sites for hydroxylation is 2. The van der Waals surface area contributed by atoms with Gasteiger partial charge in [0, 0.05) is 23.2 Å². The fourth-order valence-corrected chi connectivity index (χ4v) is 3.61. The minimum atomic E-state index is -0.300. The van der Waals surface area contributed by atoms with Crippen LogP contribution in [0.5, 0.6) is 0 Å². The summed E-state index contributed by atoms with van der Waals surface area (Å²) in [4.78, 5) is 4.80. The third kappa shape index (κ3) is 2.40. The molecule has 0 fully saturated rings. The fourth-order valence-electron chi connectivity index (χ4n) is 2.55. The Labute approximate surface area is 125 Å². The van der Waals surface area contributed by atoms with E-state index in [0.29, 0.717) is 0 Å². The Morgan fingerprint density at radius 1 is 1.25 bits per heavy atom. The zero-order chi connectivity index (χ0) is 14.9. The van der Waals surface area contributed by atoms with Crippen molar-refractivity contribution in [3.05, 3.63) is 21.8 Å². The van der Waals surface area contributed by atoms with E-state index in [1.807, 2.05) is 11.6 Å². The molecule has 4 nitrogen and oxygen atoms in total. The first-order chi connectivity index (χ1) is 9.46. The predicted octanol–water partition coefficient (Wildman–Crippen LogP) is 3.62. The van der Waals surface area contributed by atoms with E-state index in [1.54, 1.807) is 11.3 Å². The molecule has 0 saturated heterocycles. The average Bonchev–Trinajstić information content (AvgIpc) is 3.03. The molecule has 20 heavy (non-hydrogen) atoms. The third-order valence-electron chi connectivity index (χ3n) is 4.13. The monoisotopic (exact) mass is 292 g/mol. The Bertz CT molecular complexity index is 593. The first kappa shape index (κ1) is 15.2. The fraction of sp³-hybridized carbons (Fsp3) is 0.600. The van der Waals surface area contributed by atoms with E-state index in [0.717, 1.165) is 41.3 Å². The molecule has 0 saturated carbocycles. The normalized spacial score (nSPS) is 12.1. The Kier molecular flexibility index (Phi) is 4.30. The van der Waals surface area contributed by atoms with Gasteiger partial charge in [0.05, 0.1) is 16.9 Å². The smallest absolute Gasteiger partial charge is 0.113 e. The van der Waals surface area contributed by atoms with Crippen LogP contribution in [0.2, 0.25) is 0 Å². The van der Waals surface area contributed by atoms with Crippen LogP contribution in [-0.2, 0) is 12.1 Å². The molecular formula is C15H24N4S. The van der Waals surface area contributed by atoms with Crippen molar-refractivity contribution in [3.8, 4) is 11.3 Å². The molecule has 0 spiro atoms. The highest BCUT2D eigenvalue weighted by Crippen LogP contribution is 2.33. The summed E-state index contributed by atoms with van der Waals surface area (Å²) in [5.74, 6) is 0. The van der Waals surface area contributed by atoms with Gasteiger partial charge < -0.3 is 5.73 Å².